The van der Waals surface area contributed by atoms with E-state index in [1.807, 2.05) is 0 Å². The quantitative estimate of drug-likeness (QED) is 0.876. The van der Waals surface area contributed by atoms with Crippen molar-refractivity contribution in [3.63, 3.8) is 0 Å². The van der Waals surface area contributed by atoms with Gasteiger partial charge < -0.3 is 0 Å². The van der Waals surface area contributed by atoms with Crippen LogP contribution in [0.1, 0.15) is 13.3 Å². The normalized spacial score (nSPS) is 12.8. The van der Waals surface area contributed by atoms with Gasteiger partial charge in [0, 0.05) is 5.69 Å². The van der Waals surface area contributed by atoms with E-state index in [-0.39, 0.29) is 12.1 Å². The Morgan fingerprint density at radius 3 is 2.44 bits per heavy atom. The van der Waals surface area contributed by atoms with Gasteiger partial charge in [-0.2, -0.15) is 5.26 Å². The molecule has 1 atom stereocenters. The molecule has 1 aromatic rings. The lowest BCUT2D eigenvalue weighted by Crippen LogP contribution is -2.25. The van der Waals surface area contributed by atoms with Gasteiger partial charge in [-0.1, -0.05) is 6.92 Å². The van der Waals surface area contributed by atoms with E-state index in [9.17, 15) is 12.8 Å². The fourth-order valence-corrected chi connectivity index (χ4v) is 2.32. The molecular weight excluding hydrogens is 231 g/mol. The van der Waals surface area contributed by atoms with Crippen molar-refractivity contribution >= 4 is 15.7 Å². The highest BCUT2D eigenvalue weighted by Gasteiger charge is 2.23. The molecule has 0 heterocycles. The molecule has 1 aromatic carbocycles. The number of hydrogen-bond acceptors (Lipinski definition) is 3. The lowest BCUT2D eigenvalue weighted by molar-refractivity contribution is 0.592. The van der Waals surface area contributed by atoms with Crippen molar-refractivity contribution in [3.05, 3.63) is 30.1 Å². The SMILES string of the molecule is CCC(C#N)S(=O)(=O)Nc1ccc(F)cc1. The fraction of sp³-hybridized carbons (Fsp3) is 0.300. The molecule has 0 aliphatic carbocycles. The molecule has 0 bridgehead atoms. The summed E-state index contributed by atoms with van der Waals surface area (Å²) in [5.74, 6) is -0.449. The first kappa shape index (κ1) is 12.5. The third-order valence-electron chi connectivity index (χ3n) is 1.99. The van der Waals surface area contributed by atoms with Crippen LogP contribution in [0.3, 0.4) is 0 Å². The number of nitrogens with zero attached hydrogens (tertiary/aromatic N) is 1. The Morgan fingerprint density at radius 2 is 2.00 bits per heavy atom. The maximum absolute atomic E-state index is 12.6. The second-order valence-electron chi connectivity index (χ2n) is 3.18. The minimum Gasteiger partial charge on any atom is -0.282 e. The van der Waals surface area contributed by atoms with E-state index in [0.717, 1.165) is 12.1 Å². The average molecular weight is 242 g/mol. The van der Waals surface area contributed by atoms with Gasteiger partial charge in [-0.3, -0.25) is 4.72 Å². The van der Waals surface area contributed by atoms with Crippen LogP contribution in [-0.2, 0) is 10.0 Å². The van der Waals surface area contributed by atoms with E-state index >= 15 is 0 Å². The summed E-state index contributed by atoms with van der Waals surface area (Å²) in [6, 6.07) is 6.59. The van der Waals surface area contributed by atoms with Crippen molar-refractivity contribution in [3.8, 4) is 6.07 Å². The van der Waals surface area contributed by atoms with Gasteiger partial charge in [0.25, 0.3) is 0 Å². The van der Waals surface area contributed by atoms with Gasteiger partial charge in [-0.15, -0.1) is 0 Å². The number of nitrogens with one attached hydrogen (secondary N) is 1. The highest BCUT2D eigenvalue weighted by atomic mass is 32.2. The van der Waals surface area contributed by atoms with Crippen LogP contribution in [0.25, 0.3) is 0 Å². The van der Waals surface area contributed by atoms with Crippen LogP contribution in [0, 0.1) is 17.1 Å². The van der Waals surface area contributed by atoms with E-state index in [4.69, 9.17) is 5.26 Å². The summed E-state index contributed by atoms with van der Waals surface area (Å²) in [6.45, 7) is 1.61. The Kier molecular flexibility index (Phi) is 3.85. The molecule has 0 aliphatic heterocycles. The molecule has 0 aromatic heterocycles. The van der Waals surface area contributed by atoms with Crippen LogP contribution >= 0.6 is 0 Å². The van der Waals surface area contributed by atoms with Crippen LogP contribution in [-0.4, -0.2) is 13.7 Å². The molecule has 4 nitrogen and oxygen atoms in total. The Labute approximate surface area is 93.8 Å². The second-order valence-corrected chi connectivity index (χ2v) is 5.04. The van der Waals surface area contributed by atoms with Gasteiger partial charge in [0.15, 0.2) is 5.25 Å². The predicted molar refractivity (Wildman–Crippen MR) is 58.6 cm³/mol. The molecule has 0 saturated carbocycles. The average Bonchev–Trinajstić information content (AvgIpc) is 2.22. The van der Waals surface area contributed by atoms with E-state index in [1.165, 1.54) is 12.1 Å². The zero-order chi connectivity index (χ0) is 12.2. The molecular formula is C10H11FN2O2S. The smallest absolute Gasteiger partial charge is 0.249 e. The summed E-state index contributed by atoms with van der Waals surface area (Å²) in [6.07, 6.45) is 0.201. The molecule has 0 spiro atoms. The van der Waals surface area contributed by atoms with Gasteiger partial charge >= 0.3 is 0 Å². The van der Waals surface area contributed by atoms with E-state index in [0.29, 0.717) is 0 Å². The maximum Gasteiger partial charge on any atom is 0.249 e. The van der Waals surface area contributed by atoms with Gasteiger partial charge in [0.1, 0.15) is 5.82 Å². The van der Waals surface area contributed by atoms with Crippen molar-refractivity contribution in [2.75, 3.05) is 4.72 Å². The van der Waals surface area contributed by atoms with E-state index in [2.05, 4.69) is 4.72 Å². The maximum atomic E-state index is 12.6. The first-order valence-electron chi connectivity index (χ1n) is 4.66. The molecule has 1 rings (SSSR count). The van der Waals surface area contributed by atoms with Crippen molar-refractivity contribution in [2.45, 2.75) is 18.6 Å². The summed E-state index contributed by atoms with van der Waals surface area (Å²) in [5.41, 5.74) is 0.245. The molecule has 0 amide bonds. The number of sulfonamides is 1. The highest BCUT2D eigenvalue weighted by molar-refractivity contribution is 7.93. The monoisotopic (exact) mass is 242 g/mol. The Bertz CT molecular complexity index is 491. The van der Waals surface area contributed by atoms with Crippen LogP contribution in [0.5, 0.6) is 0 Å². The van der Waals surface area contributed by atoms with Crippen LogP contribution < -0.4 is 4.72 Å². The summed E-state index contributed by atoms with van der Waals surface area (Å²) < 4.78 is 38.1. The molecule has 0 radical (unpaired) electrons. The molecule has 0 fully saturated rings. The van der Waals surface area contributed by atoms with Crippen molar-refractivity contribution in [1.82, 2.24) is 0 Å². The number of halogens is 1. The molecule has 1 N–H and O–H groups in total. The summed E-state index contributed by atoms with van der Waals surface area (Å²) in [5, 5.41) is 7.56. The van der Waals surface area contributed by atoms with E-state index < -0.39 is 21.1 Å². The summed E-state index contributed by atoms with van der Waals surface area (Å²) in [4.78, 5) is 0. The van der Waals surface area contributed by atoms with Crippen molar-refractivity contribution < 1.29 is 12.8 Å². The van der Waals surface area contributed by atoms with Gasteiger partial charge in [0.05, 0.1) is 6.07 Å². The topological polar surface area (TPSA) is 70.0 Å². The van der Waals surface area contributed by atoms with Gasteiger partial charge in [-0.05, 0) is 30.7 Å². The van der Waals surface area contributed by atoms with Crippen molar-refractivity contribution in [1.29, 1.82) is 5.26 Å². The zero-order valence-corrected chi connectivity index (χ0v) is 9.46. The standard InChI is InChI=1S/C10H11FN2O2S/c1-2-10(7-12)16(14,15)13-9-5-3-8(11)4-6-9/h3-6,10,13H,2H2,1H3. The minimum atomic E-state index is -3.72. The van der Waals surface area contributed by atoms with E-state index in [1.54, 1.807) is 13.0 Å². The van der Waals surface area contributed by atoms with Crippen molar-refractivity contribution in [2.24, 2.45) is 0 Å². The van der Waals surface area contributed by atoms with Crippen LogP contribution in [0.15, 0.2) is 24.3 Å². The number of nitriles is 1. The van der Waals surface area contributed by atoms with Gasteiger partial charge in [0.2, 0.25) is 10.0 Å². The van der Waals surface area contributed by atoms with Crippen LogP contribution in [0.4, 0.5) is 10.1 Å². The number of anilines is 1. The second kappa shape index (κ2) is 4.94. The van der Waals surface area contributed by atoms with Crippen LogP contribution in [0.2, 0.25) is 0 Å². The molecule has 0 saturated heterocycles. The number of hydrogen-bond donors (Lipinski definition) is 1. The lowest BCUT2D eigenvalue weighted by Gasteiger charge is -2.10. The Hall–Kier alpha value is -1.61. The third-order valence-corrected chi connectivity index (χ3v) is 3.70. The molecule has 1 unspecified atom stereocenters. The zero-order valence-electron chi connectivity index (χ0n) is 8.64. The lowest BCUT2D eigenvalue weighted by atomic mass is 10.3. The summed E-state index contributed by atoms with van der Waals surface area (Å²) >= 11 is 0. The number of rotatable bonds is 4. The fourth-order valence-electron chi connectivity index (χ4n) is 1.13. The first-order chi connectivity index (χ1) is 7.49. The highest BCUT2D eigenvalue weighted by Crippen LogP contribution is 2.13. The molecule has 6 heteroatoms. The molecule has 86 valence electrons. The Balaban J connectivity index is 2.89. The first-order valence-corrected chi connectivity index (χ1v) is 6.21. The van der Waals surface area contributed by atoms with Gasteiger partial charge in [-0.25, -0.2) is 12.8 Å². The molecule has 16 heavy (non-hydrogen) atoms. The third kappa shape index (κ3) is 2.94. The minimum absolute atomic E-state index is 0.201. The molecule has 0 aliphatic rings. The number of benzene rings is 1. The largest absolute Gasteiger partial charge is 0.282 e. The predicted octanol–water partition coefficient (Wildman–Crippen LogP) is 1.87. The Morgan fingerprint density at radius 1 is 1.44 bits per heavy atom. The summed E-state index contributed by atoms with van der Waals surface area (Å²) in [7, 11) is -3.72.